The summed E-state index contributed by atoms with van der Waals surface area (Å²) in [6.45, 7) is 0.298. The van der Waals surface area contributed by atoms with Gasteiger partial charge in [0.1, 0.15) is 0 Å². The van der Waals surface area contributed by atoms with Crippen molar-refractivity contribution in [1.82, 2.24) is 5.48 Å². The Morgan fingerprint density at radius 3 is 2.44 bits per heavy atom. The van der Waals surface area contributed by atoms with E-state index in [9.17, 15) is 13.2 Å². The van der Waals surface area contributed by atoms with Gasteiger partial charge in [0, 0.05) is 12.1 Å². The first-order valence-corrected chi connectivity index (χ1v) is 11.6. The maximum Gasteiger partial charge on any atom is 0.267 e. The molecular weight excluding hydrogens is 426 g/mol. The third-order valence-corrected chi connectivity index (χ3v) is 7.04. The van der Waals surface area contributed by atoms with E-state index in [1.807, 2.05) is 48.5 Å². The van der Waals surface area contributed by atoms with Crippen LogP contribution in [0.15, 0.2) is 89.8 Å². The lowest BCUT2D eigenvalue weighted by molar-refractivity contribution is -0.124. The van der Waals surface area contributed by atoms with Crippen molar-refractivity contribution in [2.45, 2.75) is 17.4 Å². The second-order valence-corrected chi connectivity index (χ2v) is 9.33. The molecule has 164 valence electrons. The fourth-order valence-electron chi connectivity index (χ4n) is 3.70. The van der Waals surface area contributed by atoms with E-state index in [1.165, 1.54) is 10.4 Å². The first-order valence-electron chi connectivity index (χ1n) is 10.1. The Morgan fingerprint density at radius 2 is 1.72 bits per heavy atom. The molecule has 8 heteroatoms. The van der Waals surface area contributed by atoms with Gasteiger partial charge in [-0.3, -0.25) is 14.3 Å². The maximum atomic E-state index is 13.4. The van der Waals surface area contributed by atoms with E-state index in [4.69, 9.17) is 5.21 Å². The molecule has 0 bridgehead atoms. The number of carbonyl (C=O) groups is 1. The van der Waals surface area contributed by atoms with Crippen molar-refractivity contribution >= 4 is 33.4 Å². The molecule has 3 aromatic rings. The van der Waals surface area contributed by atoms with Crippen molar-refractivity contribution in [3.05, 3.63) is 96.1 Å². The van der Waals surface area contributed by atoms with E-state index in [-0.39, 0.29) is 10.9 Å². The minimum atomic E-state index is -3.70. The summed E-state index contributed by atoms with van der Waals surface area (Å²) in [6, 6.07) is 23.3. The van der Waals surface area contributed by atoms with Gasteiger partial charge in [-0.15, -0.1) is 0 Å². The third kappa shape index (κ3) is 4.66. The predicted octanol–water partition coefficient (Wildman–Crippen LogP) is 3.44. The number of amides is 1. The Labute approximate surface area is 187 Å². The molecule has 4 rings (SSSR count). The molecule has 1 atom stereocenters. The van der Waals surface area contributed by atoms with E-state index in [2.05, 4.69) is 5.32 Å². The molecule has 1 amide bonds. The lowest BCUT2D eigenvalue weighted by Gasteiger charge is -2.36. The van der Waals surface area contributed by atoms with Crippen LogP contribution in [0.5, 0.6) is 0 Å². The molecule has 3 aromatic carbocycles. The Kier molecular flexibility index (Phi) is 6.25. The Morgan fingerprint density at radius 1 is 1.03 bits per heavy atom. The fraction of sp³-hybridized carbons (Fsp3) is 0.125. The average Bonchev–Trinajstić information content (AvgIpc) is 2.83. The fourth-order valence-corrected chi connectivity index (χ4v) is 5.25. The van der Waals surface area contributed by atoms with Gasteiger partial charge in [0.15, 0.2) is 0 Å². The molecule has 1 aliphatic rings. The van der Waals surface area contributed by atoms with Crippen LogP contribution < -0.4 is 15.1 Å². The number of hydrogen-bond donors (Lipinski definition) is 3. The van der Waals surface area contributed by atoms with Crippen LogP contribution in [0.3, 0.4) is 0 Å². The summed E-state index contributed by atoms with van der Waals surface area (Å²) < 4.78 is 28.2. The van der Waals surface area contributed by atoms with Gasteiger partial charge in [-0.05, 0) is 47.9 Å². The molecule has 0 aliphatic carbocycles. The predicted molar refractivity (Wildman–Crippen MR) is 124 cm³/mol. The van der Waals surface area contributed by atoms with Gasteiger partial charge in [0.2, 0.25) is 0 Å². The van der Waals surface area contributed by atoms with Crippen molar-refractivity contribution in [3.8, 4) is 0 Å². The summed E-state index contributed by atoms with van der Waals surface area (Å²) >= 11 is 0. The average molecular weight is 450 g/mol. The number of nitrogens with one attached hydrogen (secondary N) is 2. The lowest BCUT2D eigenvalue weighted by Crippen LogP contribution is -2.45. The van der Waals surface area contributed by atoms with Crippen LogP contribution in [0.1, 0.15) is 11.1 Å². The number of nitrogens with zero attached hydrogens (tertiary/aromatic N) is 1. The smallest absolute Gasteiger partial charge is 0.267 e. The molecule has 0 aromatic heterocycles. The van der Waals surface area contributed by atoms with Gasteiger partial charge in [-0.2, -0.15) is 0 Å². The minimum Gasteiger partial charge on any atom is -0.378 e. The lowest BCUT2D eigenvalue weighted by atomic mass is 10.0. The van der Waals surface area contributed by atoms with Crippen LogP contribution >= 0.6 is 0 Å². The second-order valence-electron chi connectivity index (χ2n) is 7.46. The Bertz CT molecular complexity index is 1230. The van der Waals surface area contributed by atoms with Crippen molar-refractivity contribution in [2.75, 3.05) is 16.2 Å². The van der Waals surface area contributed by atoms with Crippen molar-refractivity contribution in [2.24, 2.45) is 0 Å². The van der Waals surface area contributed by atoms with E-state index in [0.717, 1.165) is 16.8 Å². The summed E-state index contributed by atoms with van der Waals surface area (Å²) in [4.78, 5) is 11.4. The van der Waals surface area contributed by atoms with Crippen LogP contribution in [0.25, 0.3) is 6.08 Å². The molecule has 3 N–H and O–H groups in total. The Balaban J connectivity index is 1.57. The van der Waals surface area contributed by atoms with Gasteiger partial charge in [0.05, 0.1) is 22.8 Å². The molecule has 0 spiro atoms. The number of hydrogen-bond acceptors (Lipinski definition) is 5. The summed E-state index contributed by atoms with van der Waals surface area (Å²) in [5.41, 5.74) is 4.80. The molecule has 7 nitrogen and oxygen atoms in total. The second kappa shape index (κ2) is 9.25. The highest BCUT2D eigenvalue weighted by atomic mass is 32.2. The van der Waals surface area contributed by atoms with Gasteiger partial charge >= 0.3 is 0 Å². The number of carbonyl (C=O) groups excluding carboxylic acids is 1. The highest BCUT2D eigenvalue weighted by Crippen LogP contribution is 2.35. The number of rotatable bonds is 6. The molecule has 0 fully saturated rings. The van der Waals surface area contributed by atoms with Gasteiger partial charge < -0.3 is 5.32 Å². The number of fused-ring (bicyclic) bond motifs is 1. The van der Waals surface area contributed by atoms with Crippen molar-refractivity contribution in [1.29, 1.82) is 0 Å². The van der Waals surface area contributed by atoms with Gasteiger partial charge in [0.25, 0.3) is 15.9 Å². The normalized spacial score (nSPS) is 15.8. The van der Waals surface area contributed by atoms with Crippen LogP contribution in [0.4, 0.5) is 11.4 Å². The number of benzene rings is 3. The number of anilines is 2. The first-order chi connectivity index (χ1) is 15.5. The molecule has 0 saturated heterocycles. The van der Waals surface area contributed by atoms with E-state index in [1.54, 1.807) is 41.9 Å². The molecule has 1 unspecified atom stereocenters. The Hall–Kier alpha value is -3.62. The van der Waals surface area contributed by atoms with Crippen molar-refractivity contribution < 1.29 is 18.4 Å². The van der Waals surface area contributed by atoms with Gasteiger partial charge in [-0.1, -0.05) is 54.6 Å². The maximum absolute atomic E-state index is 13.4. The largest absolute Gasteiger partial charge is 0.378 e. The highest BCUT2D eigenvalue weighted by Gasteiger charge is 2.32. The van der Waals surface area contributed by atoms with Gasteiger partial charge in [-0.25, -0.2) is 13.9 Å². The molecule has 0 saturated carbocycles. The van der Waals surface area contributed by atoms with Crippen LogP contribution in [-0.2, 0) is 21.2 Å². The molecule has 1 heterocycles. The molecule has 1 aliphatic heterocycles. The van der Waals surface area contributed by atoms with E-state index in [0.29, 0.717) is 18.7 Å². The molecule has 0 radical (unpaired) electrons. The van der Waals surface area contributed by atoms with E-state index < -0.39 is 15.9 Å². The summed E-state index contributed by atoms with van der Waals surface area (Å²) in [7, 11) is -3.70. The SMILES string of the molecule is O=C(C=Cc1ccc(CC2CN(S(=O)(=O)c3ccccc3)c3ccccc3N2)cc1)NO. The zero-order valence-corrected chi connectivity index (χ0v) is 18.0. The first kappa shape index (κ1) is 21.6. The molecular formula is C24H23N3O4S. The number of para-hydroxylation sites is 2. The van der Waals surface area contributed by atoms with Crippen molar-refractivity contribution in [3.63, 3.8) is 0 Å². The zero-order valence-electron chi connectivity index (χ0n) is 17.2. The number of sulfonamides is 1. The summed E-state index contributed by atoms with van der Waals surface area (Å²) in [6.07, 6.45) is 3.45. The third-order valence-electron chi connectivity index (χ3n) is 5.25. The summed E-state index contributed by atoms with van der Waals surface area (Å²) in [5.74, 6) is -0.598. The zero-order chi connectivity index (χ0) is 22.6. The van der Waals surface area contributed by atoms with E-state index >= 15 is 0 Å². The monoisotopic (exact) mass is 449 g/mol. The summed E-state index contributed by atoms with van der Waals surface area (Å²) in [5, 5.41) is 12.0. The van der Waals surface area contributed by atoms with Crippen LogP contribution in [-0.4, -0.2) is 32.1 Å². The number of hydroxylamine groups is 1. The van der Waals surface area contributed by atoms with Crippen LogP contribution in [0.2, 0.25) is 0 Å². The molecule has 32 heavy (non-hydrogen) atoms. The highest BCUT2D eigenvalue weighted by molar-refractivity contribution is 7.92. The van der Waals surface area contributed by atoms with Crippen LogP contribution in [0, 0.1) is 0 Å². The minimum absolute atomic E-state index is 0.120. The standard InChI is InChI=1S/C24H23N3O4S/c28-24(26-29)15-14-18-10-12-19(13-11-18)16-20-17-27(23-9-5-4-8-22(23)25-20)32(30,31)21-6-2-1-3-7-21/h1-15,20,25,29H,16-17H2,(H,26,28). The topological polar surface area (TPSA) is 98.7 Å². The quantitative estimate of drug-likeness (QED) is 0.304.